The topological polar surface area (TPSA) is 140 Å². The highest BCUT2D eigenvalue weighted by Gasteiger charge is 2.18. The highest BCUT2D eigenvalue weighted by atomic mass is 32.2. The maximum atomic E-state index is 12.5. The van der Waals surface area contributed by atoms with Gasteiger partial charge < -0.3 is 20.6 Å². The average molecular weight is 452 g/mol. The Hall–Kier alpha value is -3.90. The van der Waals surface area contributed by atoms with Crippen LogP contribution >= 0.6 is 11.8 Å². The van der Waals surface area contributed by atoms with Gasteiger partial charge in [0.05, 0.1) is 28.5 Å². The van der Waals surface area contributed by atoms with E-state index in [1.807, 2.05) is 6.07 Å². The van der Waals surface area contributed by atoms with Gasteiger partial charge in [0.15, 0.2) is 5.78 Å². The number of ether oxygens (including phenoxy) is 1. The van der Waals surface area contributed by atoms with Crippen LogP contribution in [0.15, 0.2) is 64.8 Å². The molecule has 0 fully saturated rings. The normalized spacial score (nSPS) is 11.0. The Balaban J connectivity index is 2.04. The number of Topliss-reactive ketones (excluding diaryl/α,β-unsaturated/α-hetero) is 1. The molecule has 0 heterocycles. The minimum absolute atomic E-state index is 0.00765. The van der Waals surface area contributed by atoms with E-state index in [1.54, 1.807) is 42.5 Å². The van der Waals surface area contributed by atoms with Crippen LogP contribution in [0.25, 0.3) is 0 Å². The Morgan fingerprint density at radius 2 is 1.88 bits per heavy atom. The molecule has 2 aromatic rings. The van der Waals surface area contributed by atoms with Gasteiger partial charge >= 0.3 is 5.97 Å². The van der Waals surface area contributed by atoms with Crippen molar-refractivity contribution in [2.24, 2.45) is 0 Å². The SMILES string of the molecule is CC(=N)/C(C(C)=O)=C(/O)COC(=O)c1ccccc1SCC(=O)Nc1cccc(C#N)c1. The van der Waals surface area contributed by atoms with Gasteiger partial charge in [-0.2, -0.15) is 5.26 Å². The summed E-state index contributed by atoms with van der Waals surface area (Å²) in [7, 11) is 0. The molecule has 0 aromatic heterocycles. The van der Waals surface area contributed by atoms with Gasteiger partial charge in [-0.25, -0.2) is 4.79 Å². The van der Waals surface area contributed by atoms with Crippen molar-refractivity contribution in [3.8, 4) is 6.07 Å². The lowest BCUT2D eigenvalue weighted by Crippen LogP contribution is -2.16. The molecule has 0 saturated carbocycles. The fourth-order valence-electron chi connectivity index (χ4n) is 2.74. The molecule has 3 N–H and O–H groups in total. The molecule has 0 atom stereocenters. The summed E-state index contributed by atoms with van der Waals surface area (Å²) < 4.78 is 5.10. The van der Waals surface area contributed by atoms with Crippen LogP contribution in [0, 0.1) is 16.7 Å². The summed E-state index contributed by atoms with van der Waals surface area (Å²) in [6.07, 6.45) is 0. The summed E-state index contributed by atoms with van der Waals surface area (Å²) in [5.74, 6) is -2.06. The molecule has 2 rings (SSSR count). The number of nitrogens with one attached hydrogen (secondary N) is 2. The summed E-state index contributed by atoms with van der Waals surface area (Å²) in [6.45, 7) is 2.00. The third-order valence-electron chi connectivity index (χ3n) is 4.10. The molecular formula is C23H21N3O5S. The molecule has 0 unspecified atom stereocenters. The number of ketones is 1. The number of hydrogen-bond acceptors (Lipinski definition) is 8. The van der Waals surface area contributed by atoms with Gasteiger partial charge in [-0.15, -0.1) is 11.8 Å². The Morgan fingerprint density at radius 3 is 2.53 bits per heavy atom. The van der Waals surface area contributed by atoms with Crippen molar-refractivity contribution >= 4 is 40.8 Å². The highest BCUT2D eigenvalue weighted by Crippen LogP contribution is 2.24. The van der Waals surface area contributed by atoms with Gasteiger partial charge in [0.1, 0.15) is 12.4 Å². The van der Waals surface area contributed by atoms with Crippen LogP contribution in [0.4, 0.5) is 5.69 Å². The molecule has 0 aliphatic rings. The second kappa shape index (κ2) is 11.5. The number of aliphatic hydroxyl groups excluding tert-OH is 1. The molecule has 0 saturated heterocycles. The van der Waals surface area contributed by atoms with Crippen molar-refractivity contribution in [1.29, 1.82) is 10.7 Å². The predicted octanol–water partition coefficient (Wildman–Crippen LogP) is 3.89. The van der Waals surface area contributed by atoms with E-state index >= 15 is 0 Å². The zero-order valence-electron chi connectivity index (χ0n) is 17.5. The first-order valence-electron chi connectivity index (χ1n) is 9.40. The molecule has 8 nitrogen and oxygen atoms in total. The molecule has 1 amide bonds. The molecule has 0 spiro atoms. The number of carbonyl (C=O) groups is 3. The zero-order chi connectivity index (χ0) is 23.7. The first-order valence-corrected chi connectivity index (χ1v) is 10.4. The maximum Gasteiger partial charge on any atom is 0.339 e. The highest BCUT2D eigenvalue weighted by molar-refractivity contribution is 8.00. The quantitative estimate of drug-likeness (QED) is 0.173. The Bertz CT molecular complexity index is 1120. The van der Waals surface area contributed by atoms with Crippen LogP contribution in [-0.4, -0.2) is 40.8 Å². The van der Waals surface area contributed by atoms with Crippen LogP contribution in [0.3, 0.4) is 0 Å². The number of anilines is 1. The molecule has 164 valence electrons. The summed E-state index contributed by atoms with van der Waals surface area (Å²) in [4.78, 5) is 36.8. The Kier molecular flexibility index (Phi) is 8.74. The number of hydrogen-bond donors (Lipinski definition) is 3. The number of carbonyl (C=O) groups excluding carboxylic acids is 3. The number of allylic oxidation sites excluding steroid dienone is 1. The van der Waals surface area contributed by atoms with E-state index in [0.717, 1.165) is 11.8 Å². The van der Waals surface area contributed by atoms with E-state index in [-0.39, 0.29) is 28.5 Å². The molecule has 0 aliphatic heterocycles. The second-order valence-electron chi connectivity index (χ2n) is 6.60. The monoisotopic (exact) mass is 451 g/mol. The van der Waals surface area contributed by atoms with Crippen molar-refractivity contribution in [3.63, 3.8) is 0 Å². The average Bonchev–Trinajstić information content (AvgIpc) is 2.76. The molecule has 0 bridgehead atoms. The van der Waals surface area contributed by atoms with E-state index in [1.165, 1.54) is 19.9 Å². The third kappa shape index (κ3) is 6.82. The van der Waals surface area contributed by atoms with Crippen molar-refractivity contribution in [3.05, 3.63) is 71.0 Å². The number of nitriles is 1. The standard InChI is InChI=1S/C23H21N3O5S/c1-14(25)22(15(2)27)19(28)12-31-23(30)18-8-3-4-9-20(18)32-13-21(29)26-17-7-5-6-16(10-17)11-24/h3-10,25,28H,12-13H2,1-2H3,(H,26,29)/b22-19-,25-14?. The van der Waals surface area contributed by atoms with Crippen LogP contribution < -0.4 is 5.32 Å². The number of rotatable bonds is 9. The largest absolute Gasteiger partial charge is 0.508 e. The van der Waals surface area contributed by atoms with Gasteiger partial charge in [-0.1, -0.05) is 18.2 Å². The Morgan fingerprint density at radius 1 is 1.16 bits per heavy atom. The molecule has 9 heteroatoms. The zero-order valence-corrected chi connectivity index (χ0v) is 18.3. The van der Waals surface area contributed by atoms with Gasteiger partial charge in [-0.05, 0) is 44.2 Å². The van der Waals surface area contributed by atoms with Gasteiger partial charge in [0.2, 0.25) is 5.91 Å². The summed E-state index contributed by atoms with van der Waals surface area (Å²) in [5, 5.41) is 29.2. The summed E-state index contributed by atoms with van der Waals surface area (Å²) in [5.41, 5.74) is 0.783. The van der Waals surface area contributed by atoms with Crippen molar-refractivity contribution in [2.45, 2.75) is 18.7 Å². The van der Waals surface area contributed by atoms with Crippen molar-refractivity contribution in [1.82, 2.24) is 0 Å². The van der Waals surface area contributed by atoms with Crippen LogP contribution in [0.1, 0.15) is 29.8 Å². The number of thioether (sulfide) groups is 1. The van der Waals surface area contributed by atoms with Crippen molar-refractivity contribution in [2.75, 3.05) is 17.7 Å². The summed E-state index contributed by atoms with van der Waals surface area (Å²) >= 11 is 1.12. The number of nitrogens with zero attached hydrogens (tertiary/aromatic N) is 1. The maximum absolute atomic E-state index is 12.5. The van der Waals surface area contributed by atoms with Crippen LogP contribution in [0.5, 0.6) is 0 Å². The van der Waals surface area contributed by atoms with E-state index in [0.29, 0.717) is 16.1 Å². The van der Waals surface area contributed by atoms with Crippen LogP contribution in [-0.2, 0) is 14.3 Å². The number of aliphatic hydroxyl groups is 1. The summed E-state index contributed by atoms with van der Waals surface area (Å²) in [6, 6.07) is 15.0. The minimum Gasteiger partial charge on any atom is -0.508 e. The van der Waals surface area contributed by atoms with Gasteiger partial charge in [0, 0.05) is 16.3 Å². The molecule has 32 heavy (non-hydrogen) atoms. The van der Waals surface area contributed by atoms with Crippen LogP contribution in [0.2, 0.25) is 0 Å². The molecule has 2 aromatic carbocycles. The van der Waals surface area contributed by atoms with E-state index in [9.17, 15) is 19.5 Å². The van der Waals surface area contributed by atoms with E-state index < -0.39 is 24.1 Å². The first-order chi connectivity index (χ1) is 15.2. The lowest BCUT2D eigenvalue weighted by molar-refractivity contribution is -0.114. The molecule has 0 aliphatic carbocycles. The lowest BCUT2D eigenvalue weighted by atomic mass is 10.1. The molecular weight excluding hydrogens is 430 g/mol. The number of amides is 1. The van der Waals surface area contributed by atoms with E-state index in [2.05, 4.69) is 5.32 Å². The first kappa shape index (κ1) is 24.4. The number of esters is 1. The fraction of sp³-hybridized carbons (Fsp3) is 0.174. The third-order valence-corrected chi connectivity index (χ3v) is 5.17. The lowest BCUT2D eigenvalue weighted by Gasteiger charge is -2.11. The second-order valence-corrected chi connectivity index (χ2v) is 7.62. The Labute approximate surface area is 189 Å². The fourth-order valence-corrected chi connectivity index (χ4v) is 3.58. The van der Waals surface area contributed by atoms with E-state index in [4.69, 9.17) is 15.4 Å². The predicted molar refractivity (Wildman–Crippen MR) is 121 cm³/mol. The molecule has 0 radical (unpaired) electrons. The minimum atomic E-state index is -0.743. The van der Waals surface area contributed by atoms with Gasteiger partial charge in [-0.3, -0.25) is 9.59 Å². The van der Waals surface area contributed by atoms with Crippen molar-refractivity contribution < 1.29 is 24.2 Å². The smallest absolute Gasteiger partial charge is 0.339 e. The van der Waals surface area contributed by atoms with Gasteiger partial charge in [0.25, 0.3) is 0 Å². The number of benzene rings is 2.